The number of benzene rings is 1. The fourth-order valence-electron chi connectivity index (χ4n) is 1.95. The van der Waals surface area contributed by atoms with Gasteiger partial charge in [-0.05, 0) is 24.1 Å². The van der Waals surface area contributed by atoms with Crippen molar-refractivity contribution in [2.45, 2.75) is 18.9 Å². The zero-order chi connectivity index (χ0) is 14.4. The number of carbonyl (C=O) groups excluding carboxylic acids is 1. The highest BCUT2D eigenvalue weighted by Gasteiger charge is 2.17. The summed E-state index contributed by atoms with van der Waals surface area (Å²) in [5.41, 5.74) is 7.01. The van der Waals surface area contributed by atoms with E-state index in [1.807, 2.05) is 12.1 Å². The highest BCUT2D eigenvalue weighted by atomic mass is 16.5. The van der Waals surface area contributed by atoms with Crippen molar-refractivity contribution in [3.05, 3.63) is 29.8 Å². The SMILES string of the molecule is N/C(Cc1ccc(NC(=O)NC2CCOC2)cc1)=N/O. The van der Waals surface area contributed by atoms with Crippen molar-refractivity contribution in [2.24, 2.45) is 10.9 Å². The summed E-state index contributed by atoms with van der Waals surface area (Å²) < 4.78 is 5.19. The number of hydrogen-bond donors (Lipinski definition) is 4. The molecule has 2 rings (SSSR count). The van der Waals surface area contributed by atoms with Crippen molar-refractivity contribution in [3.63, 3.8) is 0 Å². The third kappa shape index (κ3) is 4.13. The van der Waals surface area contributed by atoms with Crippen molar-refractivity contribution in [1.82, 2.24) is 5.32 Å². The van der Waals surface area contributed by atoms with Crippen LogP contribution in [0.25, 0.3) is 0 Å². The molecule has 1 aliphatic heterocycles. The second kappa shape index (κ2) is 6.76. The summed E-state index contributed by atoms with van der Waals surface area (Å²) in [4.78, 5) is 11.7. The van der Waals surface area contributed by atoms with Gasteiger partial charge in [0.05, 0.1) is 12.6 Å². The van der Waals surface area contributed by atoms with Crippen LogP contribution in [0.4, 0.5) is 10.5 Å². The lowest BCUT2D eigenvalue weighted by Gasteiger charge is -2.12. The van der Waals surface area contributed by atoms with Gasteiger partial charge >= 0.3 is 6.03 Å². The van der Waals surface area contributed by atoms with Crippen LogP contribution in [-0.4, -0.2) is 36.3 Å². The molecule has 1 saturated heterocycles. The Bertz CT molecular complexity index is 481. The number of oxime groups is 1. The summed E-state index contributed by atoms with van der Waals surface area (Å²) in [5, 5.41) is 17.0. The monoisotopic (exact) mass is 278 g/mol. The smallest absolute Gasteiger partial charge is 0.319 e. The minimum atomic E-state index is -0.246. The molecule has 5 N–H and O–H groups in total. The number of nitrogens with zero attached hydrogens (tertiary/aromatic N) is 1. The third-order valence-corrected chi connectivity index (χ3v) is 2.99. The molecule has 0 aliphatic carbocycles. The van der Waals surface area contributed by atoms with Gasteiger partial charge in [-0.2, -0.15) is 0 Å². The van der Waals surface area contributed by atoms with Crippen LogP contribution in [0.3, 0.4) is 0 Å². The molecule has 1 aliphatic rings. The minimum Gasteiger partial charge on any atom is -0.409 e. The van der Waals surface area contributed by atoms with Crippen LogP contribution >= 0.6 is 0 Å². The average Bonchev–Trinajstić information content (AvgIpc) is 2.93. The van der Waals surface area contributed by atoms with Gasteiger partial charge in [0.2, 0.25) is 0 Å². The van der Waals surface area contributed by atoms with Crippen LogP contribution in [0.5, 0.6) is 0 Å². The number of hydrogen-bond acceptors (Lipinski definition) is 4. The predicted octanol–water partition coefficient (Wildman–Crippen LogP) is 0.886. The lowest BCUT2D eigenvalue weighted by molar-refractivity contribution is 0.189. The number of amides is 2. The molecule has 1 heterocycles. The van der Waals surface area contributed by atoms with Gasteiger partial charge in [-0.25, -0.2) is 4.79 Å². The molecule has 2 amide bonds. The molecule has 20 heavy (non-hydrogen) atoms. The van der Waals surface area contributed by atoms with Crippen LogP contribution in [0.2, 0.25) is 0 Å². The molecular formula is C13H18N4O3. The van der Waals surface area contributed by atoms with E-state index in [0.717, 1.165) is 12.0 Å². The van der Waals surface area contributed by atoms with Gasteiger partial charge in [-0.15, -0.1) is 0 Å². The van der Waals surface area contributed by atoms with Crippen LogP contribution in [0, 0.1) is 0 Å². The molecule has 0 saturated carbocycles. The van der Waals surface area contributed by atoms with Gasteiger partial charge in [0.1, 0.15) is 5.84 Å². The molecule has 1 fully saturated rings. The molecule has 108 valence electrons. The van der Waals surface area contributed by atoms with Crippen LogP contribution in [0.15, 0.2) is 29.4 Å². The van der Waals surface area contributed by atoms with Gasteiger partial charge in [-0.3, -0.25) is 0 Å². The first-order valence-electron chi connectivity index (χ1n) is 6.38. The van der Waals surface area contributed by atoms with Gasteiger partial charge in [-0.1, -0.05) is 17.3 Å². The number of nitrogens with two attached hydrogens (primary N) is 1. The summed E-state index contributed by atoms with van der Waals surface area (Å²) in [6, 6.07) is 6.99. The molecule has 7 nitrogen and oxygen atoms in total. The number of urea groups is 1. The largest absolute Gasteiger partial charge is 0.409 e. The predicted molar refractivity (Wildman–Crippen MR) is 74.9 cm³/mol. The number of rotatable bonds is 4. The maximum absolute atomic E-state index is 11.7. The normalized spacial score (nSPS) is 18.8. The van der Waals surface area contributed by atoms with Gasteiger partial charge in [0, 0.05) is 18.7 Å². The molecule has 1 aromatic rings. The Morgan fingerprint density at radius 1 is 1.45 bits per heavy atom. The summed E-state index contributed by atoms with van der Waals surface area (Å²) in [6.07, 6.45) is 1.20. The van der Waals surface area contributed by atoms with E-state index in [1.54, 1.807) is 12.1 Å². The molecule has 1 aromatic carbocycles. The first kappa shape index (κ1) is 14.1. The first-order chi connectivity index (χ1) is 9.67. The summed E-state index contributed by atoms with van der Waals surface area (Å²) in [6.45, 7) is 1.25. The Morgan fingerprint density at radius 2 is 2.20 bits per heavy atom. The second-order valence-corrected chi connectivity index (χ2v) is 4.62. The maximum Gasteiger partial charge on any atom is 0.319 e. The Kier molecular flexibility index (Phi) is 4.78. The van der Waals surface area contributed by atoms with Crippen molar-refractivity contribution in [2.75, 3.05) is 18.5 Å². The molecule has 0 aromatic heterocycles. The fraction of sp³-hybridized carbons (Fsp3) is 0.385. The van der Waals surface area contributed by atoms with Gasteiger partial charge in [0.25, 0.3) is 0 Å². The molecular weight excluding hydrogens is 260 g/mol. The number of anilines is 1. The topological polar surface area (TPSA) is 109 Å². The minimum absolute atomic E-state index is 0.0786. The van der Waals surface area contributed by atoms with E-state index >= 15 is 0 Å². The van der Waals surface area contributed by atoms with Crippen molar-refractivity contribution in [1.29, 1.82) is 0 Å². The Hall–Kier alpha value is -2.28. The molecule has 0 radical (unpaired) electrons. The lowest BCUT2D eigenvalue weighted by atomic mass is 10.1. The van der Waals surface area contributed by atoms with E-state index < -0.39 is 0 Å². The molecule has 1 atom stereocenters. The highest BCUT2D eigenvalue weighted by Crippen LogP contribution is 2.10. The van der Waals surface area contributed by atoms with Crippen LogP contribution < -0.4 is 16.4 Å². The zero-order valence-electron chi connectivity index (χ0n) is 11.0. The Morgan fingerprint density at radius 3 is 2.80 bits per heavy atom. The van der Waals surface area contributed by atoms with E-state index in [0.29, 0.717) is 25.3 Å². The number of amidine groups is 1. The molecule has 0 bridgehead atoms. The Labute approximate surface area is 116 Å². The van der Waals surface area contributed by atoms with E-state index in [2.05, 4.69) is 15.8 Å². The number of nitrogens with one attached hydrogen (secondary N) is 2. The quantitative estimate of drug-likeness (QED) is 0.284. The van der Waals surface area contributed by atoms with Gasteiger partial charge < -0.3 is 26.3 Å². The maximum atomic E-state index is 11.7. The van der Waals surface area contributed by atoms with E-state index in [4.69, 9.17) is 15.7 Å². The van der Waals surface area contributed by atoms with E-state index in [-0.39, 0.29) is 17.9 Å². The third-order valence-electron chi connectivity index (χ3n) is 2.99. The van der Waals surface area contributed by atoms with E-state index in [1.165, 1.54) is 0 Å². The van der Waals surface area contributed by atoms with Crippen LogP contribution in [0.1, 0.15) is 12.0 Å². The second-order valence-electron chi connectivity index (χ2n) is 4.62. The summed E-state index contributed by atoms with van der Waals surface area (Å²) in [7, 11) is 0. The molecule has 7 heteroatoms. The van der Waals surface area contributed by atoms with Crippen molar-refractivity contribution < 1.29 is 14.7 Å². The number of ether oxygens (including phenoxy) is 1. The zero-order valence-corrected chi connectivity index (χ0v) is 11.0. The summed E-state index contributed by atoms with van der Waals surface area (Å²) in [5.74, 6) is 0.143. The summed E-state index contributed by atoms with van der Waals surface area (Å²) >= 11 is 0. The standard InChI is InChI=1S/C13H18N4O3/c14-12(17-19)7-9-1-3-10(4-2-9)15-13(18)16-11-5-6-20-8-11/h1-4,11,19H,5-8H2,(H2,14,17)(H2,15,16,18). The molecule has 1 unspecified atom stereocenters. The van der Waals surface area contributed by atoms with Crippen molar-refractivity contribution >= 4 is 17.6 Å². The molecule has 0 spiro atoms. The van der Waals surface area contributed by atoms with Crippen LogP contribution in [-0.2, 0) is 11.2 Å². The lowest BCUT2D eigenvalue weighted by Crippen LogP contribution is -2.38. The highest BCUT2D eigenvalue weighted by molar-refractivity contribution is 5.89. The van der Waals surface area contributed by atoms with Gasteiger partial charge in [0.15, 0.2) is 0 Å². The fourth-order valence-corrected chi connectivity index (χ4v) is 1.95. The Balaban J connectivity index is 1.85. The van der Waals surface area contributed by atoms with E-state index in [9.17, 15) is 4.79 Å². The average molecular weight is 278 g/mol. The van der Waals surface area contributed by atoms with Crippen molar-refractivity contribution in [3.8, 4) is 0 Å². The number of carbonyl (C=O) groups is 1. The first-order valence-corrected chi connectivity index (χ1v) is 6.38.